The van der Waals surface area contributed by atoms with Crippen LogP contribution in [0.4, 0.5) is 4.39 Å². The van der Waals surface area contributed by atoms with Gasteiger partial charge in [0, 0.05) is 24.3 Å². The molecule has 0 radical (unpaired) electrons. The minimum Gasteiger partial charge on any atom is -0.396 e. The van der Waals surface area contributed by atoms with Crippen LogP contribution >= 0.6 is 11.6 Å². The smallest absolute Gasteiger partial charge is 0.244 e. The SMILES string of the molecule is CCC(CCO)NC(=O)/C=C/c1c(F)cccc1Cl. The second-order valence-electron chi connectivity index (χ2n) is 4.09. The molecule has 1 rings (SSSR count). The minimum absolute atomic E-state index is 0.0155. The molecular weight excluding hydrogens is 269 g/mol. The molecule has 0 spiro atoms. The Balaban J connectivity index is 2.68. The molecule has 1 amide bonds. The summed E-state index contributed by atoms with van der Waals surface area (Å²) in [7, 11) is 0. The van der Waals surface area contributed by atoms with Gasteiger partial charge >= 0.3 is 0 Å². The number of carbonyl (C=O) groups excluding carboxylic acids is 1. The quantitative estimate of drug-likeness (QED) is 0.790. The van der Waals surface area contributed by atoms with Crippen molar-refractivity contribution in [1.29, 1.82) is 0 Å². The second-order valence-corrected chi connectivity index (χ2v) is 4.50. The van der Waals surface area contributed by atoms with Gasteiger partial charge in [-0.15, -0.1) is 0 Å². The van der Waals surface area contributed by atoms with E-state index in [1.54, 1.807) is 6.07 Å². The van der Waals surface area contributed by atoms with E-state index in [1.807, 2.05) is 6.92 Å². The van der Waals surface area contributed by atoms with Crippen LogP contribution < -0.4 is 5.32 Å². The summed E-state index contributed by atoms with van der Waals surface area (Å²) < 4.78 is 13.4. The Bertz CT molecular complexity index is 443. The van der Waals surface area contributed by atoms with Crippen molar-refractivity contribution >= 4 is 23.6 Å². The highest BCUT2D eigenvalue weighted by molar-refractivity contribution is 6.32. The van der Waals surface area contributed by atoms with Gasteiger partial charge < -0.3 is 10.4 Å². The van der Waals surface area contributed by atoms with Gasteiger partial charge in [0.25, 0.3) is 0 Å². The molecule has 0 saturated carbocycles. The van der Waals surface area contributed by atoms with Crippen molar-refractivity contribution < 1.29 is 14.3 Å². The maximum Gasteiger partial charge on any atom is 0.244 e. The first-order chi connectivity index (χ1) is 9.08. The molecule has 0 aromatic heterocycles. The lowest BCUT2D eigenvalue weighted by Crippen LogP contribution is -2.33. The Labute approximate surface area is 117 Å². The van der Waals surface area contributed by atoms with Gasteiger partial charge in [-0.2, -0.15) is 0 Å². The third-order valence-corrected chi connectivity index (χ3v) is 3.05. The standard InChI is InChI=1S/C14H17ClFNO2/c1-2-10(8-9-18)17-14(19)7-6-11-12(15)4-3-5-13(11)16/h3-7,10,18H,2,8-9H2,1H3,(H,17,19)/b7-6+. The van der Waals surface area contributed by atoms with E-state index in [4.69, 9.17) is 16.7 Å². The maximum atomic E-state index is 13.4. The van der Waals surface area contributed by atoms with Gasteiger partial charge in [0.2, 0.25) is 5.91 Å². The molecule has 0 aliphatic carbocycles. The van der Waals surface area contributed by atoms with E-state index in [9.17, 15) is 9.18 Å². The molecule has 0 bridgehead atoms. The molecule has 5 heteroatoms. The predicted octanol–water partition coefficient (Wildman–Crippen LogP) is 2.77. The van der Waals surface area contributed by atoms with Crippen LogP contribution in [0.2, 0.25) is 5.02 Å². The highest BCUT2D eigenvalue weighted by Gasteiger charge is 2.08. The van der Waals surface area contributed by atoms with Gasteiger partial charge in [0.15, 0.2) is 0 Å². The number of hydrogen-bond acceptors (Lipinski definition) is 2. The highest BCUT2D eigenvalue weighted by Crippen LogP contribution is 2.20. The molecule has 0 heterocycles. The van der Waals surface area contributed by atoms with Gasteiger partial charge in [-0.25, -0.2) is 4.39 Å². The molecule has 1 atom stereocenters. The number of amides is 1. The summed E-state index contributed by atoms with van der Waals surface area (Å²) in [4.78, 5) is 11.6. The number of benzene rings is 1. The third-order valence-electron chi connectivity index (χ3n) is 2.72. The zero-order chi connectivity index (χ0) is 14.3. The maximum absolute atomic E-state index is 13.4. The monoisotopic (exact) mass is 285 g/mol. The van der Waals surface area contributed by atoms with E-state index in [2.05, 4.69) is 5.32 Å². The number of rotatable bonds is 6. The van der Waals surface area contributed by atoms with Gasteiger partial charge in [0.05, 0.1) is 5.02 Å². The van der Waals surface area contributed by atoms with Crippen molar-refractivity contribution in [3.8, 4) is 0 Å². The summed E-state index contributed by atoms with van der Waals surface area (Å²) in [5, 5.41) is 11.8. The van der Waals surface area contributed by atoms with E-state index in [0.717, 1.165) is 6.42 Å². The summed E-state index contributed by atoms with van der Waals surface area (Å²) in [6, 6.07) is 4.26. The molecule has 0 aliphatic heterocycles. The summed E-state index contributed by atoms with van der Waals surface area (Å²) in [6.45, 7) is 1.93. The zero-order valence-electron chi connectivity index (χ0n) is 10.7. The van der Waals surface area contributed by atoms with Crippen LogP contribution in [0, 0.1) is 5.82 Å². The Hall–Kier alpha value is -1.39. The third kappa shape index (κ3) is 5.01. The van der Waals surface area contributed by atoms with E-state index in [1.165, 1.54) is 24.3 Å². The van der Waals surface area contributed by atoms with Crippen LogP contribution in [0.3, 0.4) is 0 Å². The van der Waals surface area contributed by atoms with Gasteiger partial charge in [-0.1, -0.05) is 24.6 Å². The zero-order valence-corrected chi connectivity index (χ0v) is 11.5. The first-order valence-electron chi connectivity index (χ1n) is 6.12. The molecule has 0 saturated heterocycles. The summed E-state index contributed by atoms with van der Waals surface area (Å²) in [5.74, 6) is -0.807. The number of nitrogens with one attached hydrogen (secondary N) is 1. The Morgan fingerprint density at radius 1 is 1.58 bits per heavy atom. The van der Waals surface area contributed by atoms with Crippen molar-refractivity contribution in [2.24, 2.45) is 0 Å². The Morgan fingerprint density at radius 3 is 2.89 bits per heavy atom. The van der Waals surface area contributed by atoms with Gasteiger partial charge in [-0.05, 0) is 31.1 Å². The van der Waals surface area contributed by atoms with Crippen molar-refractivity contribution in [3.63, 3.8) is 0 Å². The van der Waals surface area contributed by atoms with Crippen LogP contribution in [-0.2, 0) is 4.79 Å². The molecule has 0 aliphatic rings. The van der Waals surface area contributed by atoms with Crippen molar-refractivity contribution in [2.45, 2.75) is 25.8 Å². The molecule has 3 nitrogen and oxygen atoms in total. The number of aliphatic hydroxyl groups excluding tert-OH is 1. The average Bonchev–Trinajstić information content (AvgIpc) is 2.37. The van der Waals surface area contributed by atoms with Crippen LogP contribution in [0.15, 0.2) is 24.3 Å². The van der Waals surface area contributed by atoms with Crippen molar-refractivity contribution in [2.75, 3.05) is 6.61 Å². The first-order valence-corrected chi connectivity index (χ1v) is 6.49. The van der Waals surface area contributed by atoms with Crippen LogP contribution in [0.1, 0.15) is 25.3 Å². The topological polar surface area (TPSA) is 49.3 Å². The molecule has 1 aromatic carbocycles. The summed E-state index contributed by atoms with van der Waals surface area (Å²) in [6.07, 6.45) is 3.81. The fourth-order valence-corrected chi connectivity index (χ4v) is 1.84. The van der Waals surface area contributed by atoms with Crippen LogP contribution in [-0.4, -0.2) is 23.7 Å². The van der Waals surface area contributed by atoms with Gasteiger partial charge in [0.1, 0.15) is 5.82 Å². The second kappa shape index (κ2) is 7.92. The normalized spacial score (nSPS) is 12.6. The largest absolute Gasteiger partial charge is 0.396 e. The molecule has 2 N–H and O–H groups in total. The number of aliphatic hydroxyl groups is 1. The fourth-order valence-electron chi connectivity index (χ4n) is 1.61. The fraction of sp³-hybridized carbons (Fsp3) is 0.357. The number of carbonyl (C=O) groups is 1. The lowest BCUT2D eigenvalue weighted by atomic mass is 10.1. The Morgan fingerprint density at radius 2 is 2.32 bits per heavy atom. The summed E-state index contributed by atoms with van der Waals surface area (Å²) in [5.41, 5.74) is 0.189. The van der Waals surface area contributed by atoms with E-state index < -0.39 is 5.82 Å². The van der Waals surface area contributed by atoms with Crippen LogP contribution in [0.25, 0.3) is 6.08 Å². The molecule has 1 aromatic rings. The van der Waals surface area contributed by atoms with Gasteiger partial charge in [-0.3, -0.25) is 4.79 Å². The number of hydrogen-bond donors (Lipinski definition) is 2. The molecule has 104 valence electrons. The molecule has 0 fully saturated rings. The summed E-state index contributed by atoms with van der Waals surface area (Å²) >= 11 is 5.84. The average molecular weight is 286 g/mol. The van der Waals surface area contributed by atoms with E-state index in [-0.39, 0.29) is 29.1 Å². The first kappa shape index (κ1) is 15.7. The molecule has 1 unspecified atom stereocenters. The predicted molar refractivity (Wildman–Crippen MR) is 74.4 cm³/mol. The lowest BCUT2D eigenvalue weighted by molar-refractivity contribution is -0.117. The molecule has 19 heavy (non-hydrogen) atoms. The van der Waals surface area contributed by atoms with E-state index >= 15 is 0 Å². The van der Waals surface area contributed by atoms with E-state index in [0.29, 0.717) is 6.42 Å². The number of halogens is 2. The highest BCUT2D eigenvalue weighted by atomic mass is 35.5. The lowest BCUT2D eigenvalue weighted by Gasteiger charge is -2.13. The van der Waals surface area contributed by atoms with Crippen molar-refractivity contribution in [1.82, 2.24) is 5.32 Å². The van der Waals surface area contributed by atoms with Crippen molar-refractivity contribution in [3.05, 3.63) is 40.7 Å². The molecular formula is C14H17ClFNO2. The Kier molecular flexibility index (Phi) is 6.53. The van der Waals surface area contributed by atoms with Crippen LogP contribution in [0.5, 0.6) is 0 Å². The minimum atomic E-state index is -0.473.